The first kappa shape index (κ1) is 19.1. The molecule has 5 nitrogen and oxygen atoms in total. The van der Waals surface area contributed by atoms with Gasteiger partial charge in [-0.15, -0.1) is 10.2 Å². The molecule has 0 fully saturated rings. The maximum Gasteiger partial charge on any atom is 0.252 e. The van der Waals surface area contributed by atoms with Crippen LogP contribution in [0.3, 0.4) is 0 Å². The van der Waals surface area contributed by atoms with Gasteiger partial charge in [-0.1, -0.05) is 41.9 Å². The number of amides is 1. The largest absolute Gasteiger partial charge is 0.352 e. The molecule has 0 unspecified atom stereocenters. The van der Waals surface area contributed by atoms with Crippen LogP contribution in [0.4, 0.5) is 4.39 Å². The first-order valence-electron chi connectivity index (χ1n) is 9.20. The third-order valence-corrected chi connectivity index (χ3v) is 4.90. The summed E-state index contributed by atoms with van der Waals surface area (Å²) in [6.07, 6.45) is 2.71. The highest BCUT2D eigenvalue weighted by Crippen LogP contribution is 2.14. The zero-order chi connectivity index (χ0) is 20.2. The van der Waals surface area contributed by atoms with Crippen molar-refractivity contribution < 1.29 is 9.18 Å². The molecular weight excluding hydrogens is 391 g/mol. The monoisotopic (exact) mass is 408 g/mol. The molecule has 146 valence electrons. The van der Waals surface area contributed by atoms with E-state index in [1.165, 1.54) is 6.07 Å². The average Bonchev–Trinajstić information content (AvgIpc) is 3.13. The van der Waals surface area contributed by atoms with Crippen molar-refractivity contribution in [2.24, 2.45) is 0 Å². The highest BCUT2D eigenvalue weighted by molar-refractivity contribution is 6.30. The molecular formula is C22H18ClFN4O. The molecule has 0 aliphatic rings. The molecule has 4 rings (SSSR count). The van der Waals surface area contributed by atoms with Gasteiger partial charge in [0.15, 0.2) is 5.65 Å². The van der Waals surface area contributed by atoms with E-state index in [1.54, 1.807) is 40.9 Å². The van der Waals surface area contributed by atoms with Gasteiger partial charge in [-0.2, -0.15) is 0 Å². The van der Waals surface area contributed by atoms with Crippen LogP contribution in [0.15, 0.2) is 66.9 Å². The smallest absolute Gasteiger partial charge is 0.252 e. The van der Waals surface area contributed by atoms with Crippen LogP contribution >= 0.6 is 11.6 Å². The summed E-state index contributed by atoms with van der Waals surface area (Å²) in [7, 11) is 0. The van der Waals surface area contributed by atoms with Crippen molar-refractivity contribution in [1.82, 2.24) is 19.9 Å². The quantitative estimate of drug-likeness (QED) is 0.523. The van der Waals surface area contributed by atoms with E-state index in [-0.39, 0.29) is 11.7 Å². The Balaban J connectivity index is 1.46. The van der Waals surface area contributed by atoms with Crippen LogP contribution in [0.5, 0.6) is 0 Å². The minimum Gasteiger partial charge on any atom is -0.352 e. The van der Waals surface area contributed by atoms with Gasteiger partial charge in [0.1, 0.15) is 11.6 Å². The van der Waals surface area contributed by atoms with E-state index < -0.39 is 0 Å². The van der Waals surface area contributed by atoms with Gasteiger partial charge in [0, 0.05) is 24.2 Å². The SMILES string of the molecule is O=C(NCCc1ccccc1F)c1ccc2nnc(Cc3ccc(Cl)cc3)n2c1. The fourth-order valence-electron chi connectivity index (χ4n) is 3.09. The Bertz CT molecular complexity index is 1160. The summed E-state index contributed by atoms with van der Waals surface area (Å²) < 4.78 is 15.5. The predicted octanol–water partition coefficient (Wildman–Crippen LogP) is 4.09. The lowest BCUT2D eigenvalue weighted by atomic mass is 10.1. The van der Waals surface area contributed by atoms with Crippen molar-refractivity contribution in [1.29, 1.82) is 0 Å². The van der Waals surface area contributed by atoms with Gasteiger partial charge in [-0.3, -0.25) is 9.20 Å². The Labute approximate surface area is 172 Å². The number of nitrogens with one attached hydrogen (secondary N) is 1. The second-order valence-corrected chi connectivity index (χ2v) is 7.10. The molecule has 2 heterocycles. The number of halogens is 2. The zero-order valence-electron chi connectivity index (χ0n) is 15.5. The van der Waals surface area contributed by atoms with Crippen molar-refractivity contribution in [3.8, 4) is 0 Å². The summed E-state index contributed by atoms with van der Waals surface area (Å²) in [5, 5.41) is 11.9. The maximum absolute atomic E-state index is 13.7. The molecule has 7 heteroatoms. The number of hydrogen-bond acceptors (Lipinski definition) is 3. The number of carbonyl (C=O) groups is 1. The molecule has 2 aromatic carbocycles. The number of pyridine rings is 1. The fourth-order valence-corrected chi connectivity index (χ4v) is 3.22. The number of carbonyl (C=O) groups excluding carboxylic acids is 1. The Hall–Kier alpha value is -3.25. The second-order valence-electron chi connectivity index (χ2n) is 6.66. The topological polar surface area (TPSA) is 59.3 Å². The van der Waals surface area contributed by atoms with Gasteiger partial charge >= 0.3 is 0 Å². The molecule has 4 aromatic rings. The second kappa shape index (κ2) is 8.41. The van der Waals surface area contributed by atoms with Crippen molar-refractivity contribution in [2.45, 2.75) is 12.8 Å². The first-order valence-corrected chi connectivity index (χ1v) is 9.57. The normalized spacial score (nSPS) is 11.0. The number of hydrogen-bond donors (Lipinski definition) is 1. The number of aromatic nitrogens is 3. The highest BCUT2D eigenvalue weighted by atomic mass is 35.5. The van der Waals surface area contributed by atoms with E-state index in [1.807, 2.05) is 24.3 Å². The highest BCUT2D eigenvalue weighted by Gasteiger charge is 2.11. The molecule has 0 atom stereocenters. The van der Waals surface area contributed by atoms with Gasteiger partial charge in [-0.25, -0.2) is 4.39 Å². The van der Waals surface area contributed by atoms with E-state index in [0.29, 0.717) is 41.2 Å². The average molecular weight is 409 g/mol. The Morgan fingerprint density at radius 2 is 1.83 bits per heavy atom. The number of benzene rings is 2. The van der Waals surface area contributed by atoms with Crippen LogP contribution < -0.4 is 5.32 Å². The van der Waals surface area contributed by atoms with Crippen molar-refractivity contribution in [3.05, 3.63) is 100 Å². The maximum atomic E-state index is 13.7. The van der Waals surface area contributed by atoms with Crippen molar-refractivity contribution in [2.75, 3.05) is 6.54 Å². The molecule has 0 aliphatic carbocycles. The molecule has 0 radical (unpaired) electrons. The van der Waals surface area contributed by atoms with E-state index in [0.717, 1.165) is 11.4 Å². The van der Waals surface area contributed by atoms with Crippen LogP contribution in [0, 0.1) is 5.82 Å². The lowest BCUT2D eigenvalue weighted by Gasteiger charge is -2.07. The van der Waals surface area contributed by atoms with Crippen LogP contribution in [-0.2, 0) is 12.8 Å². The molecule has 0 bridgehead atoms. The molecule has 1 N–H and O–H groups in total. The molecule has 2 aromatic heterocycles. The summed E-state index contributed by atoms with van der Waals surface area (Å²) in [4.78, 5) is 12.5. The van der Waals surface area contributed by atoms with Crippen LogP contribution in [0.1, 0.15) is 27.3 Å². The van der Waals surface area contributed by atoms with E-state index >= 15 is 0 Å². The van der Waals surface area contributed by atoms with E-state index in [4.69, 9.17) is 11.6 Å². The van der Waals surface area contributed by atoms with E-state index in [9.17, 15) is 9.18 Å². The van der Waals surface area contributed by atoms with Gasteiger partial charge in [0.05, 0.1) is 5.56 Å². The molecule has 29 heavy (non-hydrogen) atoms. The van der Waals surface area contributed by atoms with Crippen LogP contribution in [-0.4, -0.2) is 27.0 Å². The lowest BCUT2D eigenvalue weighted by molar-refractivity contribution is 0.0953. The van der Waals surface area contributed by atoms with Gasteiger partial charge in [0.25, 0.3) is 5.91 Å². The van der Waals surface area contributed by atoms with E-state index in [2.05, 4.69) is 15.5 Å². The third-order valence-electron chi connectivity index (χ3n) is 4.65. The molecule has 1 amide bonds. The third kappa shape index (κ3) is 4.43. The summed E-state index contributed by atoms with van der Waals surface area (Å²) in [5.41, 5.74) is 2.77. The molecule has 0 saturated heterocycles. The molecule has 0 spiro atoms. The summed E-state index contributed by atoms with van der Waals surface area (Å²) >= 11 is 5.94. The lowest BCUT2D eigenvalue weighted by Crippen LogP contribution is -2.26. The predicted molar refractivity (Wildman–Crippen MR) is 110 cm³/mol. The molecule has 0 saturated carbocycles. The fraction of sp³-hybridized carbons (Fsp3) is 0.136. The molecule has 0 aliphatic heterocycles. The summed E-state index contributed by atoms with van der Waals surface area (Å²) in [5.74, 6) is 0.234. The van der Waals surface area contributed by atoms with Gasteiger partial charge < -0.3 is 5.32 Å². The first-order chi connectivity index (χ1) is 14.1. The number of nitrogens with zero attached hydrogens (tertiary/aromatic N) is 3. The minimum atomic E-state index is -0.264. The number of fused-ring (bicyclic) bond motifs is 1. The van der Waals surface area contributed by atoms with Gasteiger partial charge in [0.2, 0.25) is 0 Å². The van der Waals surface area contributed by atoms with Crippen molar-refractivity contribution >= 4 is 23.2 Å². The zero-order valence-corrected chi connectivity index (χ0v) is 16.2. The van der Waals surface area contributed by atoms with Crippen LogP contribution in [0.25, 0.3) is 5.65 Å². The Morgan fingerprint density at radius 3 is 2.62 bits per heavy atom. The van der Waals surface area contributed by atoms with Gasteiger partial charge in [-0.05, 0) is 47.9 Å². The number of rotatable bonds is 6. The minimum absolute atomic E-state index is 0.227. The van der Waals surface area contributed by atoms with Crippen molar-refractivity contribution in [3.63, 3.8) is 0 Å². The Morgan fingerprint density at radius 1 is 1.03 bits per heavy atom. The summed E-state index contributed by atoms with van der Waals surface area (Å²) in [6.45, 7) is 0.345. The Kier molecular flexibility index (Phi) is 5.53. The van der Waals surface area contributed by atoms with Crippen LogP contribution in [0.2, 0.25) is 5.02 Å². The standard InChI is InChI=1S/C22H18ClFN4O/c23-18-8-5-15(6-9-18)13-21-27-26-20-10-7-17(14-28(20)21)22(29)25-12-11-16-3-1-2-4-19(16)24/h1-10,14H,11-13H2,(H,25,29). The summed E-state index contributed by atoms with van der Waals surface area (Å²) in [6, 6.07) is 17.5.